The van der Waals surface area contributed by atoms with Crippen molar-refractivity contribution in [3.8, 4) is 0 Å². The normalized spacial score (nSPS) is 19.7. The van der Waals surface area contributed by atoms with E-state index in [0.29, 0.717) is 17.3 Å². The number of rotatable bonds is 3. The molecule has 0 aliphatic carbocycles. The first-order valence-electron chi connectivity index (χ1n) is 6.44. The van der Waals surface area contributed by atoms with Crippen molar-refractivity contribution in [1.29, 1.82) is 0 Å². The van der Waals surface area contributed by atoms with Crippen LogP contribution in [0.15, 0.2) is 0 Å². The number of H-pyrrole nitrogens is 1. The van der Waals surface area contributed by atoms with Crippen LogP contribution in [0.1, 0.15) is 35.9 Å². The Morgan fingerprint density at radius 3 is 2.67 bits per heavy atom. The highest BCUT2D eigenvalue weighted by Gasteiger charge is 2.24. The average molecular weight is 251 g/mol. The second kappa shape index (κ2) is 5.48. The molecular weight excluding hydrogens is 230 g/mol. The second-order valence-electron chi connectivity index (χ2n) is 5.16. The fourth-order valence-electron chi connectivity index (χ4n) is 2.42. The van der Waals surface area contributed by atoms with Gasteiger partial charge in [-0.15, -0.1) is 0 Å². The van der Waals surface area contributed by atoms with Gasteiger partial charge in [-0.2, -0.15) is 15.4 Å². The number of aromatic nitrogens is 3. The van der Waals surface area contributed by atoms with E-state index in [1.54, 1.807) is 6.92 Å². The van der Waals surface area contributed by atoms with E-state index >= 15 is 0 Å². The maximum Gasteiger partial charge on any atom is 0.273 e. The third-order valence-electron chi connectivity index (χ3n) is 3.77. The smallest absolute Gasteiger partial charge is 0.273 e. The molecule has 1 aliphatic heterocycles. The molecule has 2 rings (SSSR count). The molecule has 1 fully saturated rings. The molecule has 2 heterocycles. The number of likely N-dealkylation sites (tertiary alicyclic amines) is 1. The molecule has 1 unspecified atom stereocenters. The molecule has 0 spiro atoms. The number of hydrogen-bond acceptors (Lipinski definition) is 4. The van der Waals surface area contributed by atoms with E-state index in [4.69, 9.17) is 0 Å². The van der Waals surface area contributed by atoms with Crippen molar-refractivity contribution >= 4 is 5.91 Å². The minimum atomic E-state index is -0.132. The maximum absolute atomic E-state index is 12.0. The van der Waals surface area contributed by atoms with Crippen LogP contribution in [0.4, 0.5) is 0 Å². The number of nitrogens with zero attached hydrogens (tertiary/aromatic N) is 3. The Hall–Kier alpha value is -1.43. The number of aromatic amines is 1. The molecule has 2 N–H and O–H groups in total. The fraction of sp³-hybridized carbons (Fsp3) is 0.750. The first-order chi connectivity index (χ1) is 8.58. The maximum atomic E-state index is 12.0. The zero-order valence-corrected chi connectivity index (χ0v) is 11.2. The second-order valence-corrected chi connectivity index (χ2v) is 5.16. The van der Waals surface area contributed by atoms with Crippen LogP contribution in [0.3, 0.4) is 0 Å². The molecular formula is C12H21N5O. The van der Waals surface area contributed by atoms with E-state index in [2.05, 4.69) is 39.6 Å². The summed E-state index contributed by atoms with van der Waals surface area (Å²) in [6.07, 6.45) is 2.27. The zero-order valence-electron chi connectivity index (χ0n) is 11.2. The zero-order chi connectivity index (χ0) is 13.1. The van der Waals surface area contributed by atoms with Gasteiger partial charge in [-0.05, 0) is 52.7 Å². The number of nitrogens with one attached hydrogen (secondary N) is 2. The molecule has 100 valence electrons. The monoisotopic (exact) mass is 251 g/mol. The molecule has 1 aromatic rings. The summed E-state index contributed by atoms with van der Waals surface area (Å²) in [6, 6.07) is 0.183. The predicted octanol–water partition coefficient (Wildman–Crippen LogP) is 0.573. The van der Waals surface area contributed by atoms with Gasteiger partial charge in [-0.1, -0.05) is 0 Å². The highest BCUT2D eigenvalue weighted by Crippen LogP contribution is 2.19. The number of piperidine rings is 1. The number of hydrogen-bond donors (Lipinski definition) is 2. The van der Waals surface area contributed by atoms with Crippen LogP contribution in [0.5, 0.6) is 0 Å². The third kappa shape index (κ3) is 2.87. The minimum Gasteiger partial charge on any atom is -0.348 e. The fourth-order valence-corrected chi connectivity index (χ4v) is 2.42. The SMILES string of the molecule is Cc1n[nH]nc1C(=O)NC(C)C1CCN(C)CC1. The molecule has 1 amide bonds. The van der Waals surface area contributed by atoms with E-state index in [1.165, 1.54) is 0 Å². The van der Waals surface area contributed by atoms with Crippen molar-refractivity contribution < 1.29 is 4.79 Å². The molecule has 1 aliphatic rings. The molecule has 18 heavy (non-hydrogen) atoms. The first-order valence-corrected chi connectivity index (χ1v) is 6.44. The van der Waals surface area contributed by atoms with Crippen molar-refractivity contribution in [3.63, 3.8) is 0 Å². The average Bonchev–Trinajstić information content (AvgIpc) is 2.76. The van der Waals surface area contributed by atoms with Crippen LogP contribution in [-0.4, -0.2) is 52.4 Å². The lowest BCUT2D eigenvalue weighted by atomic mass is 9.90. The lowest BCUT2D eigenvalue weighted by Crippen LogP contribution is -2.43. The summed E-state index contributed by atoms with van der Waals surface area (Å²) in [7, 11) is 2.14. The molecule has 6 nitrogen and oxygen atoms in total. The predicted molar refractivity (Wildman–Crippen MR) is 68.3 cm³/mol. The number of amides is 1. The summed E-state index contributed by atoms with van der Waals surface area (Å²) in [4.78, 5) is 14.3. The van der Waals surface area contributed by atoms with E-state index in [0.717, 1.165) is 25.9 Å². The molecule has 0 saturated carbocycles. The van der Waals surface area contributed by atoms with Crippen molar-refractivity contribution in [2.45, 2.75) is 32.7 Å². The van der Waals surface area contributed by atoms with Crippen LogP contribution in [0.25, 0.3) is 0 Å². The first kappa shape index (κ1) is 13.0. The number of carbonyl (C=O) groups is 1. The quantitative estimate of drug-likeness (QED) is 0.824. The van der Waals surface area contributed by atoms with Gasteiger partial charge in [0.15, 0.2) is 5.69 Å². The van der Waals surface area contributed by atoms with E-state index in [1.807, 2.05) is 0 Å². The summed E-state index contributed by atoms with van der Waals surface area (Å²) in [5, 5.41) is 13.2. The van der Waals surface area contributed by atoms with E-state index in [-0.39, 0.29) is 11.9 Å². The van der Waals surface area contributed by atoms with Gasteiger partial charge in [0.25, 0.3) is 5.91 Å². The Bertz CT molecular complexity index is 408. The summed E-state index contributed by atoms with van der Waals surface area (Å²) >= 11 is 0. The molecule has 0 bridgehead atoms. The van der Waals surface area contributed by atoms with Gasteiger partial charge >= 0.3 is 0 Å². The van der Waals surface area contributed by atoms with Crippen molar-refractivity contribution in [1.82, 2.24) is 25.6 Å². The van der Waals surface area contributed by atoms with Crippen LogP contribution >= 0.6 is 0 Å². The minimum absolute atomic E-state index is 0.132. The van der Waals surface area contributed by atoms with Gasteiger partial charge in [0, 0.05) is 6.04 Å². The summed E-state index contributed by atoms with van der Waals surface area (Å²) in [5.74, 6) is 0.421. The van der Waals surface area contributed by atoms with Crippen LogP contribution in [0.2, 0.25) is 0 Å². The molecule has 6 heteroatoms. The molecule has 0 aromatic carbocycles. The van der Waals surface area contributed by atoms with Crippen molar-refractivity contribution in [2.75, 3.05) is 20.1 Å². The van der Waals surface area contributed by atoms with Gasteiger partial charge in [0.05, 0.1) is 5.69 Å². The third-order valence-corrected chi connectivity index (χ3v) is 3.77. The highest BCUT2D eigenvalue weighted by atomic mass is 16.2. The highest BCUT2D eigenvalue weighted by molar-refractivity contribution is 5.93. The largest absolute Gasteiger partial charge is 0.348 e. The molecule has 1 saturated heterocycles. The number of carbonyl (C=O) groups excluding carboxylic acids is 1. The van der Waals surface area contributed by atoms with Gasteiger partial charge in [-0.25, -0.2) is 0 Å². The Kier molecular flexibility index (Phi) is 3.96. The topological polar surface area (TPSA) is 73.9 Å². The summed E-state index contributed by atoms with van der Waals surface area (Å²) in [5.41, 5.74) is 1.04. The van der Waals surface area contributed by atoms with Gasteiger partial charge in [-0.3, -0.25) is 4.79 Å². The Balaban J connectivity index is 1.89. The van der Waals surface area contributed by atoms with Gasteiger partial charge in [0.1, 0.15) is 0 Å². The van der Waals surface area contributed by atoms with Crippen molar-refractivity contribution in [3.05, 3.63) is 11.4 Å². The Morgan fingerprint density at radius 1 is 1.44 bits per heavy atom. The Morgan fingerprint density at radius 2 is 2.11 bits per heavy atom. The van der Waals surface area contributed by atoms with Crippen LogP contribution < -0.4 is 5.32 Å². The molecule has 0 radical (unpaired) electrons. The van der Waals surface area contributed by atoms with Crippen molar-refractivity contribution in [2.24, 2.45) is 5.92 Å². The van der Waals surface area contributed by atoms with Crippen LogP contribution in [0, 0.1) is 12.8 Å². The van der Waals surface area contributed by atoms with Crippen LogP contribution in [-0.2, 0) is 0 Å². The summed E-state index contributed by atoms with van der Waals surface area (Å²) < 4.78 is 0. The van der Waals surface area contributed by atoms with Gasteiger partial charge in [0.2, 0.25) is 0 Å². The lowest BCUT2D eigenvalue weighted by Gasteiger charge is -2.32. The standard InChI is InChI=1S/C12H21N5O/c1-8(10-4-6-17(3)7-5-10)13-12(18)11-9(2)14-16-15-11/h8,10H,4-7H2,1-3H3,(H,13,18)(H,14,15,16). The number of aryl methyl sites for hydroxylation is 1. The summed E-state index contributed by atoms with van der Waals surface area (Å²) in [6.45, 7) is 6.06. The van der Waals surface area contributed by atoms with Gasteiger partial charge < -0.3 is 10.2 Å². The lowest BCUT2D eigenvalue weighted by molar-refractivity contribution is 0.0903. The molecule has 1 aromatic heterocycles. The Labute approximate surface area is 107 Å². The molecule has 1 atom stereocenters. The van der Waals surface area contributed by atoms with E-state index < -0.39 is 0 Å². The van der Waals surface area contributed by atoms with E-state index in [9.17, 15) is 4.79 Å².